The molecule has 372 valence electrons. The van der Waals surface area contributed by atoms with Gasteiger partial charge in [-0.1, -0.05) is 120 Å². The molecule has 3 aromatic heterocycles. The van der Waals surface area contributed by atoms with E-state index in [2.05, 4.69) is 182 Å². The van der Waals surface area contributed by atoms with Crippen molar-refractivity contribution < 1.29 is 25.8 Å². The molecule has 0 aliphatic heterocycles. The summed E-state index contributed by atoms with van der Waals surface area (Å²) in [7, 11) is 0. The van der Waals surface area contributed by atoms with Crippen molar-refractivity contribution >= 4 is 21.8 Å². The van der Waals surface area contributed by atoms with Crippen molar-refractivity contribution in [2.45, 2.75) is 145 Å². The van der Waals surface area contributed by atoms with E-state index in [1.807, 2.05) is 18.3 Å². The van der Waals surface area contributed by atoms with Crippen LogP contribution in [0.15, 0.2) is 122 Å². The minimum absolute atomic E-state index is 0. The summed E-state index contributed by atoms with van der Waals surface area (Å²) in [4.78, 5) is 9.95. The fraction of sp³-hybridized carbons (Fsp3) is 0.403. The molecule has 3 fully saturated rings. The molecule has 11 rings (SSSR count). The van der Waals surface area contributed by atoms with Crippen LogP contribution in [0, 0.1) is 61.0 Å². The van der Waals surface area contributed by atoms with Gasteiger partial charge in [0.05, 0.1) is 0 Å². The second-order valence-electron chi connectivity index (χ2n) is 24.3. The van der Waals surface area contributed by atoms with Crippen LogP contribution in [0.5, 0.6) is 11.5 Å². The number of aromatic nitrogens is 3. The van der Waals surface area contributed by atoms with Crippen molar-refractivity contribution in [3.63, 3.8) is 0 Å². The van der Waals surface area contributed by atoms with E-state index in [1.165, 1.54) is 121 Å². The second-order valence-corrected chi connectivity index (χ2v) is 24.3. The smallest absolute Gasteiger partial charge is 0.503 e. The Morgan fingerprint density at radius 3 is 1.89 bits per heavy atom. The Bertz CT molecular complexity index is 3230. The number of benzene rings is 5. The van der Waals surface area contributed by atoms with Gasteiger partial charge in [0.15, 0.2) is 0 Å². The summed E-state index contributed by atoms with van der Waals surface area (Å²) in [6, 6.07) is 47.4. The number of ether oxygens (including phenoxy) is 1. The molecule has 3 aliphatic rings. The molecule has 3 saturated carbocycles. The van der Waals surface area contributed by atoms with Gasteiger partial charge in [-0.25, -0.2) is 4.98 Å². The summed E-state index contributed by atoms with van der Waals surface area (Å²) in [6.45, 7) is 21.4. The Morgan fingerprint density at radius 2 is 1.21 bits per heavy atom. The van der Waals surface area contributed by atoms with Gasteiger partial charge in [-0.3, -0.25) is 0 Å². The van der Waals surface area contributed by atoms with Gasteiger partial charge in [-0.05, 0) is 205 Å². The topological polar surface area (TPSA) is 39.9 Å². The third-order valence-electron chi connectivity index (χ3n) is 18.1. The fourth-order valence-corrected chi connectivity index (χ4v) is 13.2. The molecule has 8 aromatic rings. The van der Waals surface area contributed by atoms with Crippen LogP contribution in [-0.4, -0.2) is 14.5 Å². The molecule has 0 bridgehead atoms. The van der Waals surface area contributed by atoms with E-state index in [1.54, 1.807) is 0 Å². The Balaban J connectivity index is 0.00000596. The van der Waals surface area contributed by atoms with Crippen LogP contribution >= 0.6 is 0 Å². The minimum atomic E-state index is 0. The molecule has 4 nitrogen and oxygen atoms in total. The minimum Gasteiger partial charge on any atom is -0.503 e. The zero-order chi connectivity index (χ0) is 49.2. The van der Waals surface area contributed by atoms with E-state index < -0.39 is 0 Å². The van der Waals surface area contributed by atoms with E-state index in [9.17, 15) is 0 Å². The average molecular weight is 1130 g/mol. The molecule has 0 saturated heterocycles. The average Bonchev–Trinajstić information content (AvgIpc) is 3.68. The number of fused-ring (bicyclic) bond motifs is 3. The molecule has 0 N–H and O–H groups in total. The van der Waals surface area contributed by atoms with Crippen LogP contribution in [0.1, 0.15) is 152 Å². The quantitative estimate of drug-likeness (QED) is 0.135. The van der Waals surface area contributed by atoms with Crippen LogP contribution in [0.2, 0.25) is 0 Å². The third-order valence-corrected chi connectivity index (χ3v) is 18.1. The van der Waals surface area contributed by atoms with Crippen LogP contribution in [0.3, 0.4) is 0 Å². The standard InChI is InChI=1S/C67H73N3O.Pt/c1-43-35-64(69-41-45(43)3)70-62-24-21-52(50-19-17-48(18-20-50)47-13-15-49(16-14-47)51-25-30-65(5,6)31-26-51)37-60(62)58-23-22-56(38-63(58)70)71-55-12-10-11-53(36-55)61-39-59(46(4)42-68-61)57-29-34-67(9,40-44(57)2)54-27-32-66(7,8)33-28-54;/h10-24,35,37,39,41-42,44,51,54,57H,25-34,40H2,1-9H3;/q-2;+2. The van der Waals surface area contributed by atoms with Crippen molar-refractivity contribution in [2.75, 3.05) is 0 Å². The Kier molecular flexibility index (Phi) is 13.8. The molecule has 3 atom stereocenters. The van der Waals surface area contributed by atoms with Crippen LogP contribution in [0.25, 0.3) is 61.1 Å². The van der Waals surface area contributed by atoms with Crippen LogP contribution in [0.4, 0.5) is 0 Å². The zero-order valence-corrected chi connectivity index (χ0v) is 46.5. The first-order chi connectivity index (χ1) is 34.1. The largest absolute Gasteiger partial charge is 2.00 e. The first-order valence-corrected chi connectivity index (χ1v) is 26.9. The maximum absolute atomic E-state index is 6.67. The first kappa shape index (κ1) is 50.2. The first-order valence-electron chi connectivity index (χ1n) is 26.9. The summed E-state index contributed by atoms with van der Waals surface area (Å²) in [5.41, 5.74) is 16.8. The van der Waals surface area contributed by atoms with E-state index in [-0.39, 0.29) is 21.1 Å². The van der Waals surface area contributed by atoms with Gasteiger partial charge in [0, 0.05) is 29.4 Å². The predicted molar refractivity (Wildman–Crippen MR) is 296 cm³/mol. The molecule has 0 spiro atoms. The third kappa shape index (κ3) is 10.0. The molecule has 3 unspecified atom stereocenters. The van der Waals surface area contributed by atoms with Crippen molar-refractivity contribution in [1.82, 2.24) is 14.5 Å². The monoisotopic (exact) mass is 1130 g/mol. The normalized spacial score (nSPS) is 21.4. The molecule has 72 heavy (non-hydrogen) atoms. The number of hydrogen-bond donors (Lipinski definition) is 0. The Hall–Kier alpha value is -5.31. The summed E-state index contributed by atoms with van der Waals surface area (Å²) >= 11 is 0. The van der Waals surface area contributed by atoms with E-state index >= 15 is 0 Å². The summed E-state index contributed by atoms with van der Waals surface area (Å²) in [5, 5.41) is 2.25. The van der Waals surface area contributed by atoms with Crippen molar-refractivity contribution in [3.05, 3.63) is 162 Å². The summed E-state index contributed by atoms with van der Waals surface area (Å²) < 4.78 is 8.91. The Morgan fingerprint density at radius 1 is 0.583 bits per heavy atom. The molecular weight excluding hydrogens is 1060 g/mol. The van der Waals surface area contributed by atoms with E-state index in [0.717, 1.165) is 44.8 Å². The maximum atomic E-state index is 6.67. The zero-order valence-electron chi connectivity index (χ0n) is 44.2. The van der Waals surface area contributed by atoms with Gasteiger partial charge in [0.1, 0.15) is 5.82 Å². The number of aryl methyl sites for hydroxylation is 3. The van der Waals surface area contributed by atoms with Gasteiger partial charge in [0.25, 0.3) is 0 Å². The number of nitrogens with zero attached hydrogens (tertiary/aromatic N) is 3. The van der Waals surface area contributed by atoms with E-state index in [4.69, 9.17) is 14.7 Å². The number of rotatable bonds is 9. The van der Waals surface area contributed by atoms with Crippen molar-refractivity contribution in [1.29, 1.82) is 0 Å². The van der Waals surface area contributed by atoms with Crippen molar-refractivity contribution in [3.8, 4) is 50.8 Å². The predicted octanol–water partition coefficient (Wildman–Crippen LogP) is 18.7. The molecule has 3 heterocycles. The molecule has 5 heteroatoms. The Labute approximate surface area is 444 Å². The van der Waals surface area contributed by atoms with Gasteiger partial charge in [-0.15, -0.1) is 41.3 Å². The number of pyridine rings is 2. The van der Waals surface area contributed by atoms with Gasteiger partial charge >= 0.3 is 21.1 Å². The van der Waals surface area contributed by atoms with Crippen LogP contribution < -0.4 is 4.74 Å². The van der Waals surface area contributed by atoms with E-state index in [0.29, 0.717) is 45.5 Å². The molecule has 5 aromatic carbocycles. The van der Waals surface area contributed by atoms with Crippen molar-refractivity contribution in [2.24, 2.45) is 28.1 Å². The van der Waals surface area contributed by atoms with Gasteiger partial charge < -0.3 is 14.3 Å². The molecular formula is C67H73N3OPt. The molecule has 0 radical (unpaired) electrons. The number of hydrogen-bond acceptors (Lipinski definition) is 3. The molecule has 3 aliphatic carbocycles. The van der Waals surface area contributed by atoms with Crippen LogP contribution in [-0.2, 0) is 21.1 Å². The van der Waals surface area contributed by atoms with Gasteiger partial charge in [0.2, 0.25) is 0 Å². The van der Waals surface area contributed by atoms with Gasteiger partial charge in [-0.2, -0.15) is 6.07 Å². The SMILES string of the molecule is Cc1cnc(-n2c3[c-]c(Oc4[c-]c(-c5cc(C6CCC(C)(C7CCC(C)(C)CC7)CC6C)c(C)cn5)ccc4)ccc3c3cc(-c4ccc(-c5ccc(C6CCC(C)(C)CC6)cc5)cc4)ccc32)cc1C.[Pt+2]. The second kappa shape index (κ2) is 19.8. The molecule has 0 amide bonds. The maximum Gasteiger partial charge on any atom is 2.00 e. The summed E-state index contributed by atoms with van der Waals surface area (Å²) in [6.07, 6.45) is 18.6. The fourth-order valence-electron chi connectivity index (χ4n) is 13.2. The summed E-state index contributed by atoms with van der Waals surface area (Å²) in [5.74, 6) is 4.83.